The van der Waals surface area contributed by atoms with Crippen LogP contribution in [0.15, 0.2) is 97.1 Å². The standard InChI is InChI=1S/C47H17B3N6O5/c1-54-25-4-6-36-29(12-25)48-27-15-30-37(17-33(27)56-34-8-23(20-52)9-40(57-36)45(34)48)59-41-10-24(21-53)11-42-46(41)50(30)32-16-31-39(18-38(32)60-42)61-44-14-26(55-2)13-43-47(44)49(31)28-7-22(19-51)3-5-35(28)58-43/h3-18,56H. The second kappa shape index (κ2) is 11.6. The van der Waals surface area contributed by atoms with Gasteiger partial charge in [-0.15, -0.1) is 0 Å². The molecular formula is C47H17B3N6O5. The number of nitrogens with zero attached hydrogens (tertiary/aromatic N) is 5. The first-order chi connectivity index (χ1) is 29.9. The molecule has 0 atom stereocenters. The summed E-state index contributed by atoms with van der Waals surface area (Å²) in [4.78, 5) is 7.42. The fourth-order valence-electron chi connectivity index (χ4n) is 9.93. The van der Waals surface area contributed by atoms with Crippen LogP contribution >= 0.6 is 0 Å². The molecule has 14 heteroatoms. The van der Waals surface area contributed by atoms with E-state index in [-0.39, 0.29) is 6.71 Å². The van der Waals surface area contributed by atoms with Crippen molar-refractivity contribution in [2.24, 2.45) is 0 Å². The van der Waals surface area contributed by atoms with Crippen molar-refractivity contribution in [1.29, 1.82) is 15.8 Å². The molecule has 0 fully saturated rings. The van der Waals surface area contributed by atoms with Gasteiger partial charge in [-0.2, -0.15) is 15.8 Å². The van der Waals surface area contributed by atoms with Crippen molar-refractivity contribution in [3.63, 3.8) is 0 Å². The lowest BCUT2D eigenvalue weighted by Gasteiger charge is -2.38. The Balaban J connectivity index is 1.06. The van der Waals surface area contributed by atoms with Gasteiger partial charge in [0.1, 0.15) is 57.5 Å². The topological polar surface area (TPSA) is 138 Å². The first-order valence-corrected chi connectivity index (χ1v) is 19.2. The summed E-state index contributed by atoms with van der Waals surface area (Å²) in [6.45, 7) is 14.4. The van der Waals surface area contributed by atoms with Gasteiger partial charge in [-0.1, -0.05) is 24.3 Å². The minimum atomic E-state index is -0.438. The predicted octanol–water partition coefficient (Wildman–Crippen LogP) is 4.54. The molecule has 1 N–H and O–H groups in total. The molecule has 7 aromatic carbocycles. The number of anilines is 2. The molecule has 0 saturated carbocycles. The SMILES string of the molecule is [C-]#[N+]c1cc2c3c(c1)Oc1cc4c(cc1B3c1cc(C#N)ccc1O2)B1c2cc3c(cc2Oc2cc(C#N)cc(c21)O4)Nc1cc(C#N)cc2c1B3c1cc([N+]#[C-])ccc1O2. The van der Waals surface area contributed by atoms with E-state index in [4.69, 9.17) is 36.8 Å². The highest BCUT2D eigenvalue weighted by Crippen LogP contribution is 2.42. The van der Waals surface area contributed by atoms with Crippen LogP contribution in [0, 0.1) is 47.1 Å². The van der Waals surface area contributed by atoms with Crippen LogP contribution < -0.4 is 78.2 Å². The van der Waals surface area contributed by atoms with Crippen LogP contribution in [0.2, 0.25) is 0 Å². The molecule has 0 radical (unpaired) electrons. The van der Waals surface area contributed by atoms with Gasteiger partial charge in [-0.05, 0) is 98.9 Å². The van der Waals surface area contributed by atoms with Crippen LogP contribution in [0.5, 0.6) is 57.5 Å². The second-order valence-electron chi connectivity index (χ2n) is 15.6. The van der Waals surface area contributed by atoms with Gasteiger partial charge in [0.2, 0.25) is 0 Å². The van der Waals surface area contributed by atoms with Crippen molar-refractivity contribution in [3.05, 3.63) is 137 Å². The lowest BCUT2D eigenvalue weighted by Crippen LogP contribution is -2.63. The predicted molar refractivity (Wildman–Crippen MR) is 229 cm³/mol. The molecule has 0 spiro atoms. The van der Waals surface area contributed by atoms with Gasteiger partial charge in [-0.25, -0.2) is 9.69 Å². The molecule has 13 rings (SSSR count). The minimum absolute atomic E-state index is 0.355. The van der Waals surface area contributed by atoms with Crippen LogP contribution in [0.1, 0.15) is 16.7 Å². The fourth-order valence-corrected chi connectivity index (χ4v) is 9.93. The quantitative estimate of drug-likeness (QED) is 0.174. The molecule has 6 aliphatic rings. The Morgan fingerprint density at radius 2 is 0.869 bits per heavy atom. The maximum Gasteiger partial charge on any atom is 0.260 e. The molecule has 274 valence electrons. The van der Waals surface area contributed by atoms with Gasteiger partial charge in [0.15, 0.2) is 11.4 Å². The monoisotopic (exact) mass is 778 g/mol. The Bertz CT molecular complexity index is 3340. The van der Waals surface area contributed by atoms with E-state index in [2.05, 4.69) is 45.3 Å². The Kier molecular flexibility index (Phi) is 6.25. The molecule has 0 saturated heterocycles. The second-order valence-corrected chi connectivity index (χ2v) is 15.6. The molecule has 6 heterocycles. The van der Waals surface area contributed by atoms with Crippen molar-refractivity contribution in [2.45, 2.75) is 0 Å². The summed E-state index contributed by atoms with van der Waals surface area (Å²) in [5, 5.41) is 33.6. The number of fused-ring (bicyclic) bond motifs is 12. The van der Waals surface area contributed by atoms with E-state index in [1.165, 1.54) is 0 Å². The Morgan fingerprint density at radius 1 is 0.393 bits per heavy atom. The fraction of sp³-hybridized carbons (Fsp3) is 0. The van der Waals surface area contributed by atoms with Crippen molar-refractivity contribution in [2.75, 3.05) is 5.32 Å². The number of ether oxygens (including phenoxy) is 5. The van der Waals surface area contributed by atoms with Gasteiger partial charge in [-0.3, -0.25) is 0 Å². The number of rotatable bonds is 0. The minimum Gasteiger partial charge on any atom is -0.460 e. The normalized spacial score (nSPS) is 13.5. The number of hydrogen-bond donors (Lipinski definition) is 1. The smallest absolute Gasteiger partial charge is 0.260 e. The number of nitrogens with one attached hydrogen (secondary N) is 1. The highest BCUT2D eigenvalue weighted by atomic mass is 16.5. The molecule has 7 aromatic rings. The average Bonchev–Trinajstić information content (AvgIpc) is 3.29. The van der Waals surface area contributed by atoms with Crippen molar-refractivity contribution >= 4 is 92.1 Å². The van der Waals surface area contributed by atoms with E-state index < -0.39 is 13.4 Å². The highest BCUT2D eigenvalue weighted by molar-refractivity contribution is 7.02. The first-order valence-electron chi connectivity index (χ1n) is 19.2. The van der Waals surface area contributed by atoms with Crippen molar-refractivity contribution < 1.29 is 23.7 Å². The third-order valence-electron chi connectivity index (χ3n) is 12.4. The van der Waals surface area contributed by atoms with Crippen LogP contribution in [0.4, 0.5) is 22.7 Å². The summed E-state index contributed by atoms with van der Waals surface area (Å²) in [5.74, 6) is 5.33. The zero-order chi connectivity index (χ0) is 40.8. The van der Waals surface area contributed by atoms with Gasteiger partial charge in [0.05, 0.1) is 48.0 Å². The number of benzene rings is 7. The zero-order valence-electron chi connectivity index (χ0n) is 31.2. The molecule has 0 aromatic heterocycles. The molecule has 6 aliphatic heterocycles. The van der Waals surface area contributed by atoms with E-state index >= 15 is 0 Å². The van der Waals surface area contributed by atoms with E-state index in [1.807, 2.05) is 36.4 Å². The lowest BCUT2D eigenvalue weighted by atomic mass is 9.30. The molecule has 0 unspecified atom stereocenters. The Morgan fingerprint density at radius 3 is 1.48 bits per heavy atom. The van der Waals surface area contributed by atoms with Crippen LogP contribution in [-0.2, 0) is 0 Å². The maximum atomic E-state index is 10.1. The van der Waals surface area contributed by atoms with Crippen molar-refractivity contribution in [1.82, 2.24) is 0 Å². The van der Waals surface area contributed by atoms with Crippen LogP contribution in [-0.4, -0.2) is 20.1 Å². The van der Waals surface area contributed by atoms with Gasteiger partial charge >= 0.3 is 0 Å². The number of nitriles is 3. The zero-order valence-corrected chi connectivity index (χ0v) is 31.2. The summed E-state index contributed by atoms with van der Waals surface area (Å²) in [6.07, 6.45) is 0. The molecule has 0 amide bonds. The highest BCUT2D eigenvalue weighted by Gasteiger charge is 2.47. The molecule has 61 heavy (non-hydrogen) atoms. The summed E-state index contributed by atoms with van der Waals surface area (Å²) >= 11 is 0. The first kappa shape index (κ1) is 33.0. The molecule has 0 bridgehead atoms. The summed E-state index contributed by atoms with van der Waals surface area (Å²) < 4.78 is 32.9. The van der Waals surface area contributed by atoms with E-state index in [1.54, 1.807) is 48.5 Å². The van der Waals surface area contributed by atoms with Crippen LogP contribution in [0.3, 0.4) is 0 Å². The van der Waals surface area contributed by atoms with Crippen molar-refractivity contribution in [3.8, 4) is 75.7 Å². The summed E-state index contributed by atoms with van der Waals surface area (Å²) in [6, 6.07) is 36.1. The third kappa shape index (κ3) is 4.39. The third-order valence-corrected chi connectivity index (χ3v) is 12.4. The molecule has 0 aliphatic carbocycles. The van der Waals surface area contributed by atoms with E-state index in [0.717, 1.165) is 60.5 Å². The Labute approximate surface area is 348 Å². The molecular weight excluding hydrogens is 761 g/mol. The summed E-state index contributed by atoms with van der Waals surface area (Å²) in [7, 11) is 0. The van der Waals surface area contributed by atoms with Crippen LogP contribution in [0.25, 0.3) is 9.69 Å². The van der Waals surface area contributed by atoms with Gasteiger partial charge in [0, 0.05) is 34.4 Å². The van der Waals surface area contributed by atoms with Gasteiger partial charge < -0.3 is 29.0 Å². The maximum absolute atomic E-state index is 10.1. The van der Waals surface area contributed by atoms with Gasteiger partial charge in [0.25, 0.3) is 20.1 Å². The Hall–Kier alpha value is -9.02. The molecule has 11 nitrogen and oxygen atoms in total. The lowest BCUT2D eigenvalue weighted by molar-refractivity contribution is 0.452. The number of hydrogen-bond acceptors (Lipinski definition) is 9. The van der Waals surface area contributed by atoms with E-state index in [0.29, 0.717) is 85.6 Å². The van der Waals surface area contributed by atoms with E-state index in [9.17, 15) is 15.8 Å². The largest absolute Gasteiger partial charge is 0.460 e. The average molecular weight is 778 g/mol. The summed E-state index contributed by atoms with van der Waals surface area (Å²) in [5.41, 5.74) is 11.1.